The van der Waals surface area contributed by atoms with Crippen LogP contribution in [0.2, 0.25) is 0 Å². The Balaban J connectivity index is 2.59. The Morgan fingerprint density at radius 3 is 2.10 bits per heavy atom. The van der Waals surface area contributed by atoms with Crippen molar-refractivity contribution in [3.05, 3.63) is 57.6 Å². The highest BCUT2D eigenvalue weighted by Crippen LogP contribution is 2.43. The molecule has 6 heteroatoms. The molecule has 0 aliphatic rings. The van der Waals surface area contributed by atoms with Crippen LogP contribution < -0.4 is 9.47 Å². The maximum Gasteiger partial charge on any atom is 0.137 e. The van der Waals surface area contributed by atoms with Crippen molar-refractivity contribution in [2.75, 3.05) is 14.2 Å². The van der Waals surface area contributed by atoms with Gasteiger partial charge in [-0.05, 0) is 40.2 Å². The van der Waals surface area contributed by atoms with Gasteiger partial charge in [-0.2, -0.15) is 0 Å². The molecule has 2 aromatic carbocycles. The van der Waals surface area contributed by atoms with E-state index in [-0.39, 0.29) is 10.0 Å². The smallest absolute Gasteiger partial charge is 0.137 e. The first-order valence-electron chi connectivity index (χ1n) is 5.99. The Kier molecular flexibility index (Phi) is 5.22. The molecule has 21 heavy (non-hydrogen) atoms. The molecule has 0 radical (unpaired) electrons. The molecule has 0 aromatic heterocycles. The Labute approximate surface area is 138 Å². The molecule has 0 saturated heterocycles. The summed E-state index contributed by atoms with van der Waals surface area (Å²) in [4.78, 5) is -0.605. The highest BCUT2D eigenvalue weighted by Gasteiger charge is 2.24. The van der Waals surface area contributed by atoms with Crippen LogP contribution in [0.4, 0.5) is 8.78 Å². The summed E-state index contributed by atoms with van der Waals surface area (Å²) >= 11 is 6.37. The highest BCUT2D eigenvalue weighted by atomic mass is 79.9. The lowest BCUT2D eigenvalue weighted by atomic mass is 10.0. The van der Waals surface area contributed by atoms with Gasteiger partial charge in [0.25, 0.3) is 0 Å². The molecule has 1 atom stereocenters. The van der Waals surface area contributed by atoms with Gasteiger partial charge in [-0.15, -0.1) is 0 Å². The molecular formula is C15H12Br2F2O2. The van der Waals surface area contributed by atoms with Gasteiger partial charge in [0.05, 0.1) is 29.1 Å². The summed E-state index contributed by atoms with van der Waals surface area (Å²) in [5, 5.41) is 0. The molecule has 1 unspecified atom stereocenters. The van der Waals surface area contributed by atoms with Crippen molar-refractivity contribution >= 4 is 31.9 Å². The first-order valence-corrected chi connectivity index (χ1v) is 7.69. The third-order valence-corrected chi connectivity index (χ3v) is 4.59. The van der Waals surface area contributed by atoms with Crippen LogP contribution in [-0.2, 0) is 0 Å². The second-order valence-corrected chi connectivity index (χ2v) is 6.00. The number of methoxy groups -OCH3 is 2. The monoisotopic (exact) mass is 420 g/mol. The van der Waals surface area contributed by atoms with Crippen molar-refractivity contribution in [3.8, 4) is 11.5 Å². The summed E-state index contributed by atoms with van der Waals surface area (Å²) < 4.78 is 38.5. The van der Waals surface area contributed by atoms with Crippen LogP contribution in [-0.4, -0.2) is 14.2 Å². The molecule has 0 heterocycles. The maximum atomic E-state index is 14.1. The third kappa shape index (κ3) is 3.21. The number of alkyl halides is 1. The van der Waals surface area contributed by atoms with Crippen LogP contribution in [0.25, 0.3) is 0 Å². The molecule has 0 bridgehead atoms. The summed E-state index contributed by atoms with van der Waals surface area (Å²) in [6.07, 6.45) is 0. The Hall–Kier alpha value is -1.14. The van der Waals surface area contributed by atoms with Crippen molar-refractivity contribution in [2.24, 2.45) is 0 Å². The van der Waals surface area contributed by atoms with Crippen molar-refractivity contribution in [1.82, 2.24) is 0 Å². The molecule has 2 nitrogen and oxygen atoms in total. The van der Waals surface area contributed by atoms with E-state index in [0.717, 1.165) is 12.1 Å². The average Bonchev–Trinajstić information content (AvgIpc) is 2.49. The third-order valence-electron chi connectivity index (χ3n) is 3.03. The normalized spacial score (nSPS) is 12.1. The van der Waals surface area contributed by atoms with Crippen molar-refractivity contribution < 1.29 is 18.3 Å². The summed E-state index contributed by atoms with van der Waals surface area (Å²) in [6, 6.07) is 7.48. The zero-order chi connectivity index (χ0) is 15.6. The van der Waals surface area contributed by atoms with E-state index < -0.39 is 16.5 Å². The topological polar surface area (TPSA) is 18.5 Å². The first-order chi connectivity index (χ1) is 9.99. The number of ether oxygens (including phenoxy) is 2. The van der Waals surface area contributed by atoms with Crippen molar-refractivity contribution in [1.29, 1.82) is 0 Å². The molecule has 0 spiro atoms. The molecule has 0 aliphatic heterocycles. The van der Waals surface area contributed by atoms with Crippen LogP contribution >= 0.6 is 31.9 Å². The van der Waals surface area contributed by atoms with E-state index in [2.05, 4.69) is 31.9 Å². The largest absolute Gasteiger partial charge is 0.496 e. The van der Waals surface area contributed by atoms with Crippen LogP contribution in [0.3, 0.4) is 0 Å². The fourth-order valence-corrected chi connectivity index (χ4v) is 3.13. The van der Waals surface area contributed by atoms with Gasteiger partial charge >= 0.3 is 0 Å². The highest BCUT2D eigenvalue weighted by molar-refractivity contribution is 9.10. The summed E-state index contributed by atoms with van der Waals surface area (Å²) in [6.45, 7) is 0. The fourth-order valence-electron chi connectivity index (χ4n) is 2.02. The SMILES string of the molecule is COc1cccc(OC)c1C(Br)c1cc(F)c(Br)cc1F. The van der Waals surface area contributed by atoms with Gasteiger partial charge in [0, 0.05) is 5.56 Å². The van der Waals surface area contributed by atoms with E-state index in [1.807, 2.05) is 0 Å². The van der Waals surface area contributed by atoms with Crippen LogP contribution in [0.5, 0.6) is 11.5 Å². The summed E-state index contributed by atoms with van der Waals surface area (Å²) in [5.41, 5.74) is 0.765. The summed E-state index contributed by atoms with van der Waals surface area (Å²) in [7, 11) is 3.02. The maximum absolute atomic E-state index is 14.1. The predicted octanol–water partition coefficient (Wildman–Crippen LogP) is 5.23. The van der Waals surface area contributed by atoms with Crippen LogP contribution in [0.15, 0.2) is 34.8 Å². The molecule has 0 saturated carbocycles. The van der Waals surface area contributed by atoms with Gasteiger partial charge < -0.3 is 9.47 Å². The van der Waals surface area contributed by atoms with Gasteiger partial charge in [0.15, 0.2) is 0 Å². The van der Waals surface area contributed by atoms with Gasteiger partial charge in [0.1, 0.15) is 23.1 Å². The second kappa shape index (κ2) is 6.75. The van der Waals surface area contributed by atoms with E-state index >= 15 is 0 Å². The van der Waals surface area contributed by atoms with E-state index in [1.54, 1.807) is 18.2 Å². The standard InChI is InChI=1S/C15H12Br2F2O2/c1-20-12-4-3-5-13(21-2)14(12)15(17)8-6-11(19)9(16)7-10(8)18/h3-7,15H,1-2H3. The molecule has 2 rings (SSSR count). The predicted molar refractivity (Wildman–Crippen MR) is 84.4 cm³/mol. The van der Waals surface area contributed by atoms with Crippen LogP contribution in [0.1, 0.15) is 16.0 Å². The number of hydrogen-bond acceptors (Lipinski definition) is 2. The lowest BCUT2D eigenvalue weighted by molar-refractivity contribution is 0.386. The molecule has 0 aliphatic carbocycles. The van der Waals surface area contributed by atoms with E-state index in [9.17, 15) is 8.78 Å². The molecule has 112 valence electrons. The first kappa shape index (κ1) is 16.2. The molecule has 2 aromatic rings. The lowest BCUT2D eigenvalue weighted by Gasteiger charge is -2.18. The summed E-state index contributed by atoms with van der Waals surface area (Å²) in [5.74, 6) is -0.0132. The second-order valence-electron chi connectivity index (χ2n) is 4.23. The van der Waals surface area contributed by atoms with Gasteiger partial charge in [-0.25, -0.2) is 8.78 Å². The average molecular weight is 422 g/mol. The zero-order valence-electron chi connectivity index (χ0n) is 11.3. The minimum absolute atomic E-state index is 0.0791. The van der Waals surface area contributed by atoms with Crippen molar-refractivity contribution in [2.45, 2.75) is 4.83 Å². The Morgan fingerprint density at radius 2 is 1.57 bits per heavy atom. The molecule has 0 amide bonds. The van der Waals surface area contributed by atoms with Gasteiger partial charge in [0.2, 0.25) is 0 Å². The quantitative estimate of drug-likeness (QED) is 0.497. The minimum atomic E-state index is -0.605. The number of halogens is 4. The lowest BCUT2D eigenvalue weighted by Crippen LogP contribution is -2.03. The molecule has 0 fully saturated rings. The van der Waals surface area contributed by atoms with Gasteiger partial charge in [-0.1, -0.05) is 22.0 Å². The molecular weight excluding hydrogens is 410 g/mol. The van der Waals surface area contributed by atoms with E-state index in [4.69, 9.17) is 9.47 Å². The number of hydrogen-bond donors (Lipinski definition) is 0. The van der Waals surface area contributed by atoms with Crippen molar-refractivity contribution in [3.63, 3.8) is 0 Å². The fraction of sp³-hybridized carbons (Fsp3) is 0.200. The van der Waals surface area contributed by atoms with E-state index in [0.29, 0.717) is 17.1 Å². The van der Waals surface area contributed by atoms with Crippen LogP contribution in [0, 0.1) is 11.6 Å². The van der Waals surface area contributed by atoms with E-state index in [1.165, 1.54) is 14.2 Å². The minimum Gasteiger partial charge on any atom is -0.496 e. The zero-order valence-corrected chi connectivity index (χ0v) is 14.5. The molecule has 0 N–H and O–H groups in total. The Morgan fingerprint density at radius 1 is 1.00 bits per heavy atom. The number of benzene rings is 2. The number of rotatable bonds is 4. The van der Waals surface area contributed by atoms with Gasteiger partial charge in [-0.3, -0.25) is 0 Å². The Bertz CT molecular complexity index is 640.